The van der Waals surface area contributed by atoms with Crippen molar-refractivity contribution in [3.8, 4) is 34.0 Å². The van der Waals surface area contributed by atoms with Crippen LogP contribution in [0.25, 0.3) is 54.6 Å². The predicted molar refractivity (Wildman–Crippen MR) is 180 cm³/mol. The standard InChI is InChI=1S/C40H22N4O2/c1-42-34-16-8-7-14-30(34)26-19-21-36-33(23-26)32-22-25(29-13-6-5-10-27(29)24-41)18-20-35(32)44(36)37-17-9-15-31-38(37)40(46)43(39(31)45)28-11-3-2-4-12-28/h2-23H. The third-order valence-corrected chi connectivity index (χ3v) is 8.61. The van der Waals surface area contributed by atoms with Gasteiger partial charge >= 0.3 is 0 Å². The fourth-order valence-corrected chi connectivity index (χ4v) is 6.53. The molecule has 46 heavy (non-hydrogen) atoms. The first kappa shape index (κ1) is 26.8. The Labute approximate surface area is 264 Å². The summed E-state index contributed by atoms with van der Waals surface area (Å²) in [5.74, 6) is -0.735. The van der Waals surface area contributed by atoms with Gasteiger partial charge in [-0.05, 0) is 76.9 Å². The van der Waals surface area contributed by atoms with Crippen LogP contribution in [0.15, 0.2) is 133 Å². The first-order valence-corrected chi connectivity index (χ1v) is 14.7. The number of imide groups is 1. The first-order valence-electron chi connectivity index (χ1n) is 14.7. The second-order valence-electron chi connectivity index (χ2n) is 11.1. The minimum Gasteiger partial charge on any atom is -0.308 e. The quantitative estimate of drug-likeness (QED) is 0.151. The Kier molecular flexibility index (Phi) is 6.10. The molecule has 2 amide bonds. The third kappa shape index (κ3) is 3.95. The molecule has 0 saturated heterocycles. The fourth-order valence-electron chi connectivity index (χ4n) is 6.53. The highest BCUT2D eigenvalue weighted by atomic mass is 16.2. The van der Waals surface area contributed by atoms with Gasteiger partial charge in [-0.15, -0.1) is 0 Å². The number of hydrogen-bond donors (Lipinski definition) is 0. The third-order valence-electron chi connectivity index (χ3n) is 8.61. The molecular weight excluding hydrogens is 568 g/mol. The van der Waals surface area contributed by atoms with Crippen LogP contribution in [0.1, 0.15) is 26.3 Å². The van der Waals surface area contributed by atoms with Gasteiger partial charge in [0.25, 0.3) is 11.8 Å². The van der Waals surface area contributed by atoms with E-state index in [0.29, 0.717) is 33.8 Å². The number of aromatic nitrogens is 1. The number of benzene rings is 6. The number of para-hydroxylation sites is 2. The molecule has 0 bridgehead atoms. The molecule has 0 spiro atoms. The average molecular weight is 591 g/mol. The molecule has 1 aliphatic rings. The van der Waals surface area contributed by atoms with Crippen LogP contribution in [0.2, 0.25) is 0 Å². The minimum absolute atomic E-state index is 0.344. The van der Waals surface area contributed by atoms with Gasteiger partial charge in [0.1, 0.15) is 0 Å². The highest BCUT2D eigenvalue weighted by molar-refractivity contribution is 6.35. The molecule has 0 unspecified atom stereocenters. The zero-order valence-electron chi connectivity index (χ0n) is 24.3. The number of nitrogens with zero attached hydrogens (tertiary/aromatic N) is 4. The summed E-state index contributed by atoms with van der Waals surface area (Å²) in [6.07, 6.45) is 0. The van der Waals surface area contributed by atoms with Gasteiger partial charge in [0.2, 0.25) is 0 Å². The smallest absolute Gasteiger partial charge is 0.268 e. The van der Waals surface area contributed by atoms with E-state index >= 15 is 0 Å². The van der Waals surface area contributed by atoms with Crippen LogP contribution in [0.3, 0.4) is 0 Å². The Balaban J connectivity index is 1.42. The SMILES string of the molecule is [C-]#[N+]c1ccccc1-c1ccc2c(c1)c1cc(-c3ccccc3C#N)ccc1n2-c1cccc2c1C(=O)N(c1ccccc1)C2=O. The van der Waals surface area contributed by atoms with E-state index in [0.717, 1.165) is 44.1 Å². The van der Waals surface area contributed by atoms with E-state index in [4.69, 9.17) is 6.57 Å². The number of carbonyl (C=O) groups excluding carboxylic acids is 2. The molecule has 0 N–H and O–H groups in total. The number of nitriles is 1. The van der Waals surface area contributed by atoms with Gasteiger partial charge in [0, 0.05) is 10.8 Å². The molecular formula is C40H22N4O2. The van der Waals surface area contributed by atoms with Crippen LogP contribution in [0.5, 0.6) is 0 Å². The van der Waals surface area contributed by atoms with Gasteiger partial charge in [0.15, 0.2) is 5.69 Å². The Bertz CT molecular complexity index is 2380. The maximum absolute atomic E-state index is 14.0. The molecule has 7 aromatic rings. The number of rotatable bonds is 4. The highest BCUT2D eigenvalue weighted by Crippen LogP contribution is 2.41. The van der Waals surface area contributed by atoms with E-state index < -0.39 is 0 Å². The Morgan fingerprint density at radius 3 is 1.91 bits per heavy atom. The maximum Gasteiger partial charge on any atom is 0.268 e. The monoisotopic (exact) mass is 590 g/mol. The first-order chi connectivity index (χ1) is 22.6. The van der Waals surface area contributed by atoms with Crippen molar-refractivity contribution in [3.63, 3.8) is 0 Å². The van der Waals surface area contributed by atoms with Crippen LogP contribution in [0, 0.1) is 17.9 Å². The summed E-state index contributed by atoms with van der Waals surface area (Å²) in [6, 6.07) is 43.8. The van der Waals surface area contributed by atoms with E-state index in [-0.39, 0.29) is 11.8 Å². The van der Waals surface area contributed by atoms with E-state index in [2.05, 4.69) is 23.0 Å². The Hall–Kier alpha value is -6.76. The van der Waals surface area contributed by atoms with Crippen LogP contribution in [0.4, 0.5) is 11.4 Å². The fraction of sp³-hybridized carbons (Fsp3) is 0. The van der Waals surface area contributed by atoms with Gasteiger partial charge in [-0.25, -0.2) is 9.74 Å². The van der Waals surface area contributed by atoms with Gasteiger partial charge in [-0.3, -0.25) is 9.59 Å². The van der Waals surface area contributed by atoms with Crippen molar-refractivity contribution in [2.75, 3.05) is 4.90 Å². The van der Waals surface area contributed by atoms with Crippen molar-refractivity contribution < 1.29 is 9.59 Å². The molecule has 1 aliphatic heterocycles. The van der Waals surface area contributed by atoms with Crippen molar-refractivity contribution in [1.82, 2.24) is 4.57 Å². The predicted octanol–water partition coefficient (Wildman–Crippen LogP) is 9.34. The van der Waals surface area contributed by atoms with E-state index in [1.54, 1.807) is 42.5 Å². The molecule has 0 radical (unpaired) electrons. The van der Waals surface area contributed by atoms with Crippen molar-refractivity contribution in [2.45, 2.75) is 0 Å². The van der Waals surface area contributed by atoms with Crippen molar-refractivity contribution in [2.24, 2.45) is 0 Å². The highest BCUT2D eigenvalue weighted by Gasteiger charge is 2.39. The molecule has 0 atom stereocenters. The van der Waals surface area contributed by atoms with Crippen molar-refractivity contribution in [1.29, 1.82) is 5.26 Å². The molecule has 6 heteroatoms. The second kappa shape index (κ2) is 10.4. The largest absolute Gasteiger partial charge is 0.308 e. The topological polar surface area (TPSA) is 70.5 Å². The van der Waals surface area contributed by atoms with Gasteiger partial charge in [0.05, 0.1) is 51.7 Å². The van der Waals surface area contributed by atoms with Crippen LogP contribution in [-0.4, -0.2) is 16.4 Å². The molecule has 1 aromatic heterocycles. The maximum atomic E-state index is 14.0. The Morgan fingerprint density at radius 2 is 1.22 bits per heavy atom. The number of anilines is 1. The van der Waals surface area contributed by atoms with Crippen molar-refractivity contribution in [3.05, 3.63) is 162 Å². The van der Waals surface area contributed by atoms with Gasteiger partial charge < -0.3 is 4.57 Å². The molecule has 6 nitrogen and oxygen atoms in total. The second-order valence-corrected chi connectivity index (χ2v) is 11.1. The van der Waals surface area contributed by atoms with Crippen LogP contribution in [-0.2, 0) is 0 Å². The summed E-state index contributed by atoms with van der Waals surface area (Å²) in [4.78, 5) is 32.7. The normalized spacial score (nSPS) is 12.3. The van der Waals surface area contributed by atoms with Gasteiger partial charge in [-0.2, -0.15) is 5.26 Å². The number of carbonyl (C=O) groups is 2. The lowest BCUT2D eigenvalue weighted by atomic mass is 9.97. The number of fused-ring (bicyclic) bond motifs is 4. The van der Waals surface area contributed by atoms with Crippen LogP contribution < -0.4 is 4.90 Å². The summed E-state index contributed by atoms with van der Waals surface area (Å²) in [7, 11) is 0. The lowest BCUT2D eigenvalue weighted by Crippen LogP contribution is -2.29. The summed E-state index contributed by atoms with van der Waals surface area (Å²) in [6.45, 7) is 7.72. The molecule has 214 valence electrons. The summed E-state index contributed by atoms with van der Waals surface area (Å²) in [5.41, 5.74) is 8.06. The molecule has 6 aromatic carbocycles. The summed E-state index contributed by atoms with van der Waals surface area (Å²) >= 11 is 0. The van der Waals surface area contributed by atoms with E-state index in [1.165, 1.54) is 4.90 Å². The van der Waals surface area contributed by atoms with Crippen LogP contribution >= 0.6 is 0 Å². The molecule has 0 saturated carbocycles. The summed E-state index contributed by atoms with van der Waals surface area (Å²) in [5, 5.41) is 11.7. The Morgan fingerprint density at radius 1 is 0.609 bits per heavy atom. The van der Waals surface area contributed by atoms with Gasteiger partial charge in [-0.1, -0.05) is 78.9 Å². The average Bonchev–Trinajstić information content (AvgIpc) is 3.58. The minimum atomic E-state index is -0.376. The van der Waals surface area contributed by atoms with Crippen molar-refractivity contribution >= 4 is 45.0 Å². The molecule has 8 rings (SSSR count). The number of hydrogen-bond acceptors (Lipinski definition) is 3. The lowest BCUT2D eigenvalue weighted by molar-refractivity contribution is 0.0926. The molecule has 0 fully saturated rings. The summed E-state index contributed by atoms with van der Waals surface area (Å²) < 4.78 is 2.04. The molecule has 0 aliphatic carbocycles. The zero-order valence-corrected chi connectivity index (χ0v) is 24.3. The molecule has 2 heterocycles. The van der Waals surface area contributed by atoms with E-state index in [1.807, 2.05) is 83.4 Å². The van der Waals surface area contributed by atoms with E-state index in [9.17, 15) is 14.9 Å². The number of amides is 2. The zero-order chi connectivity index (χ0) is 31.4. The lowest BCUT2D eigenvalue weighted by Gasteiger charge is -2.14.